The minimum absolute atomic E-state index is 0.0105. The van der Waals surface area contributed by atoms with Crippen molar-refractivity contribution in [1.29, 1.82) is 0 Å². The number of amides is 3. The van der Waals surface area contributed by atoms with Gasteiger partial charge in [-0.3, -0.25) is 14.9 Å². The Balaban J connectivity index is 1.67. The molecule has 0 radical (unpaired) electrons. The monoisotopic (exact) mass is 559 g/mol. The van der Waals surface area contributed by atoms with Crippen molar-refractivity contribution in [2.45, 2.75) is 72.4 Å². The van der Waals surface area contributed by atoms with Gasteiger partial charge >= 0.3 is 6.03 Å². The summed E-state index contributed by atoms with van der Waals surface area (Å²) in [5, 5.41) is 6.33. The second-order valence-electron chi connectivity index (χ2n) is 11.7. The number of carbonyl (C=O) groups excluding carboxylic acids is 3. The number of nitrogens with zero attached hydrogens (tertiary/aromatic N) is 3. The van der Waals surface area contributed by atoms with Crippen molar-refractivity contribution in [1.82, 2.24) is 20.1 Å². The number of carbonyl (C=O) groups is 3. The normalized spacial score (nSPS) is 19.6. The van der Waals surface area contributed by atoms with E-state index in [4.69, 9.17) is 0 Å². The van der Waals surface area contributed by atoms with Crippen LogP contribution in [0.3, 0.4) is 0 Å². The van der Waals surface area contributed by atoms with Gasteiger partial charge < -0.3 is 15.1 Å². The SMILES string of the molecule is CC(=O)c1sc(NC(=O)N[C@@H]2C[C@H](N(C)C(C)=O)CC[C@H]2CN(C)CC(C)(C)Cc2ccc(F)cc2)nc1C. The summed E-state index contributed by atoms with van der Waals surface area (Å²) in [5.41, 5.74) is 1.67. The van der Waals surface area contributed by atoms with Crippen LogP contribution in [0, 0.1) is 24.1 Å². The molecule has 39 heavy (non-hydrogen) atoms. The lowest BCUT2D eigenvalue weighted by Gasteiger charge is -2.42. The van der Waals surface area contributed by atoms with Gasteiger partial charge in [0.15, 0.2) is 10.9 Å². The number of ketones is 1. The summed E-state index contributed by atoms with van der Waals surface area (Å²) < 4.78 is 13.3. The third-order valence-corrected chi connectivity index (χ3v) is 8.68. The molecule has 1 saturated carbocycles. The van der Waals surface area contributed by atoms with Crippen LogP contribution in [-0.4, -0.2) is 71.8 Å². The van der Waals surface area contributed by atoms with Crippen LogP contribution in [0.15, 0.2) is 24.3 Å². The number of aryl methyl sites for hydroxylation is 1. The van der Waals surface area contributed by atoms with E-state index in [0.29, 0.717) is 22.1 Å². The molecule has 2 N–H and O–H groups in total. The van der Waals surface area contributed by atoms with Crippen LogP contribution >= 0.6 is 11.3 Å². The Labute approximate surface area is 235 Å². The van der Waals surface area contributed by atoms with Crippen molar-refractivity contribution >= 4 is 34.2 Å². The van der Waals surface area contributed by atoms with Crippen molar-refractivity contribution in [3.63, 3.8) is 0 Å². The Hall–Kier alpha value is -2.85. The fourth-order valence-corrected chi connectivity index (χ4v) is 6.56. The fourth-order valence-electron chi connectivity index (χ4n) is 5.70. The first kappa shape index (κ1) is 30.7. The minimum Gasteiger partial charge on any atom is -0.343 e. The number of anilines is 1. The maximum Gasteiger partial charge on any atom is 0.321 e. The Morgan fingerprint density at radius 1 is 1.13 bits per heavy atom. The number of halogens is 1. The molecular weight excluding hydrogens is 517 g/mol. The van der Waals surface area contributed by atoms with E-state index >= 15 is 0 Å². The summed E-state index contributed by atoms with van der Waals surface area (Å²) in [5.74, 6) is -0.0982. The highest BCUT2D eigenvalue weighted by molar-refractivity contribution is 7.17. The summed E-state index contributed by atoms with van der Waals surface area (Å²) in [4.78, 5) is 45.8. The standard InChI is InChI=1S/C29H42FN5O3S/c1-18-26(19(2)36)39-28(31-18)33-27(38)32-25-14-24(35(7)20(3)37)13-10-22(25)16-34(6)17-29(4,5)15-21-8-11-23(30)12-9-21/h8-9,11-12,22,24-25H,10,13-17H2,1-7H3,(H2,31,32,33,38)/t22-,24+,25+/m0/s1. The number of urea groups is 1. The molecule has 1 aliphatic carbocycles. The molecule has 0 spiro atoms. The lowest BCUT2D eigenvalue weighted by atomic mass is 9.80. The number of Topliss-reactive ketones (excluding diaryl/α,β-unsaturated/α-hetero) is 1. The molecule has 2 aromatic rings. The molecule has 1 heterocycles. The van der Waals surface area contributed by atoms with Crippen LogP contribution in [0.2, 0.25) is 0 Å². The van der Waals surface area contributed by atoms with Crippen LogP contribution in [0.1, 0.15) is 67.9 Å². The average molecular weight is 560 g/mol. The van der Waals surface area contributed by atoms with E-state index in [0.717, 1.165) is 37.9 Å². The molecule has 0 unspecified atom stereocenters. The van der Waals surface area contributed by atoms with E-state index in [1.807, 2.05) is 19.2 Å². The number of hydrogen-bond acceptors (Lipinski definition) is 6. The largest absolute Gasteiger partial charge is 0.343 e. The zero-order valence-electron chi connectivity index (χ0n) is 24.1. The van der Waals surface area contributed by atoms with Gasteiger partial charge in [0.2, 0.25) is 5.91 Å². The number of nitrogens with one attached hydrogen (secondary N) is 2. The maximum atomic E-state index is 13.3. The molecular formula is C29H42FN5O3S. The Morgan fingerprint density at radius 3 is 2.38 bits per heavy atom. The summed E-state index contributed by atoms with van der Waals surface area (Å²) in [6, 6.07) is 6.23. The van der Waals surface area contributed by atoms with Crippen LogP contribution in [0.4, 0.5) is 14.3 Å². The first-order valence-corrected chi connectivity index (χ1v) is 14.3. The number of aromatic nitrogens is 1. The van der Waals surface area contributed by atoms with Gasteiger partial charge in [-0.15, -0.1) is 0 Å². The maximum absolute atomic E-state index is 13.3. The first-order chi connectivity index (χ1) is 18.2. The molecule has 1 aromatic heterocycles. The van der Waals surface area contributed by atoms with Gasteiger partial charge in [0.25, 0.3) is 0 Å². The van der Waals surface area contributed by atoms with Gasteiger partial charge in [0.05, 0.1) is 10.6 Å². The highest BCUT2D eigenvalue weighted by atomic mass is 32.1. The van der Waals surface area contributed by atoms with Crippen molar-refractivity contribution in [2.24, 2.45) is 11.3 Å². The number of thiazole rings is 1. The predicted octanol–water partition coefficient (Wildman–Crippen LogP) is 5.13. The number of rotatable bonds is 10. The summed E-state index contributed by atoms with van der Waals surface area (Å²) in [6.07, 6.45) is 3.24. The van der Waals surface area contributed by atoms with E-state index in [9.17, 15) is 18.8 Å². The molecule has 3 amide bonds. The summed E-state index contributed by atoms with van der Waals surface area (Å²) in [6.45, 7) is 10.8. The zero-order chi connectivity index (χ0) is 28.9. The van der Waals surface area contributed by atoms with Crippen molar-refractivity contribution in [3.05, 3.63) is 46.2 Å². The van der Waals surface area contributed by atoms with Gasteiger partial charge in [-0.2, -0.15) is 0 Å². The fraction of sp³-hybridized carbons (Fsp3) is 0.586. The molecule has 214 valence electrons. The molecule has 0 aliphatic heterocycles. The van der Waals surface area contributed by atoms with Crippen LogP contribution in [0.5, 0.6) is 0 Å². The second-order valence-corrected chi connectivity index (χ2v) is 12.7. The summed E-state index contributed by atoms with van der Waals surface area (Å²) in [7, 11) is 3.91. The summed E-state index contributed by atoms with van der Waals surface area (Å²) >= 11 is 1.17. The topological polar surface area (TPSA) is 94.6 Å². The van der Waals surface area contributed by atoms with Crippen molar-refractivity contribution in [2.75, 3.05) is 32.5 Å². The number of hydrogen-bond donors (Lipinski definition) is 2. The first-order valence-electron chi connectivity index (χ1n) is 13.5. The van der Waals surface area contributed by atoms with Gasteiger partial charge in [-0.05, 0) is 68.7 Å². The third kappa shape index (κ3) is 8.83. The highest BCUT2D eigenvalue weighted by Gasteiger charge is 2.35. The van der Waals surface area contributed by atoms with Crippen molar-refractivity contribution in [3.8, 4) is 0 Å². The lowest BCUT2D eigenvalue weighted by molar-refractivity contribution is -0.130. The molecule has 8 nitrogen and oxygen atoms in total. The van der Waals surface area contributed by atoms with E-state index in [1.54, 1.807) is 18.7 Å². The molecule has 1 fully saturated rings. The number of benzene rings is 1. The van der Waals surface area contributed by atoms with E-state index in [1.165, 1.54) is 30.4 Å². The van der Waals surface area contributed by atoms with Crippen LogP contribution in [0.25, 0.3) is 0 Å². The van der Waals surface area contributed by atoms with Gasteiger partial charge in [-0.25, -0.2) is 14.2 Å². The van der Waals surface area contributed by atoms with Gasteiger partial charge in [0, 0.05) is 46.1 Å². The zero-order valence-corrected chi connectivity index (χ0v) is 25.0. The Morgan fingerprint density at radius 2 is 1.79 bits per heavy atom. The van der Waals surface area contributed by atoms with Crippen LogP contribution < -0.4 is 10.6 Å². The Kier molecular flexibility index (Phi) is 10.2. The van der Waals surface area contributed by atoms with E-state index in [2.05, 4.69) is 41.4 Å². The second kappa shape index (κ2) is 13.0. The molecule has 1 aliphatic rings. The van der Waals surface area contributed by atoms with Gasteiger partial charge in [0.1, 0.15) is 5.82 Å². The predicted molar refractivity (Wildman–Crippen MR) is 154 cm³/mol. The third-order valence-electron chi connectivity index (χ3n) is 7.50. The molecule has 3 atom stereocenters. The molecule has 10 heteroatoms. The average Bonchev–Trinajstić information content (AvgIpc) is 3.20. The highest BCUT2D eigenvalue weighted by Crippen LogP contribution is 2.30. The minimum atomic E-state index is -0.362. The van der Waals surface area contributed by atoms with Gasteiger partial charge in [-0.1, -0.05) is 37.3 Å². The van der Waals surface area contributed by atoms with E-state index in [-0.39, 0.29) is 47.0 Å². The quantitative estimate of drug-likeness (QED) is 0.394. The van der Waals surface area contributed by atoms with Crippen LogP contribution in [-0.2, 0) is 11.2 Å². The molecule has 3 rings (SSSR count). The van der Waals surface area contributed by atoms with E-state index < -0.39 is 0 Å². The smallest absolute Gasteiger partial charge is 0.321 e. The molecule has 0 saturated heterocycles. The molecule has 1 aromatic carbocycles. The van der Waals surface area contributed by atoms with Crippen molar-refractivity contribution < 1.29 is 18.8 Å². The Bertz CT molecular complexity index is 1170. The lowest BCUT2D eigenvalue weighted by Crippen LogP contribution is -2.53. The molecule has 0 bridgehead atoms.